The highest BCUT2D eigenvalue weighted by Gasteiger charge is 2.42. The van der Waals surface area contributed by atoms with Crippen LogP contribution < -0.4 is 15.2 Å². The van der Waals surface area contributed by atoms with Crippen LogP contribution in [0.1, 0.15) is 24.8 Å². The minimum absolute atomic E-state index is 0. The Labute approximate surface area is 149 Å². The van der Waals surface area contributed by atoms with Crippen LogP contribution in [0.4, 0.5) is 0 Å². The highest BCUT2D eigenvalue weighted by molar-refractivity contribution is 5.85. The molecule has 0 spiro atoms. The van der Waals surface area contributed by atoms with E-state index in [4.69, 9.17) is 15.2 Å². The molecule has 0 radical (unpaired) electrons. The van der Waals surface area contributed by atoms with E-state index in [1.807, 2.05) is 23.1 Å². The quantitative estimate of drug-likeness (QED) is 0.880. The van der Waals surface area contributed by atoms with Crippen molar-refractivity contribution in [2.24, 2.45) is 17.6 Å². The Morgan fingerprint density at radius 3 is 2.42 bits per heavy atom. The van der Waals surface area contributed by atoms with Crippen LogP contribution in [-0.2, 0) is 11.2 Å². The van der Waals surface area contributed by atoms with Crippen LogP contribution in [0.2, 0.25) is 0 Å². The predicted octanol–water partition coefficient (Wildman–Crippen LogP) is 2.25. The minimum Gasteiger partial charge on any atom is -0.497 e. The molecule has 2 N–H and O–H groups in total. The van der Waals surface area contributed by atoms with Gasteiger partial charge in [-0.25, -0.2) is 0 Å². The zero-order valence-corrected chi connectivity index (χ0v) is 15.2. The summed E-state index contributed by atoms with van der Waals surface area (Å²) in [6, 6.07) is 6.05. The summed E-state index contributed by atoms with van der Waals surface area (Å²) < 4.78 is 10.6. The standard InChI is InChI=1S/C18H26N2O3.ClH/c1-22-14-7-12(8-15(9-14)23-2)3-6-18(21)20-10-13-4-5-17(19)16(13)11-20;/h7-9,13,16-17H,3-6,10-11,19H2,1-2H3;1H. The summed E-state index contributed by atoms with van der Waals surface area (Å²) in [7, 11) is 3.27. The Kier molecular flexibility index (Phi) is 6.35. The lowest BCUT2D eigenvalue weighted by atomic mass is 9.98. The molecular weight excluding hydrogens is 328 g/mol. The molecule has 1 aliphatic heterocycles. The average molecular weight is 355 g/mol. The number of halogens is 1. The van der Waals surface area contributed by atoms with E-state index in [-0.39, 0.29) is 24.4 Å². The molecule has 3 rings (SSSR count). The van der Waals surface area contributed by atoms with Crippen molar-refractivity contribution in [1.29, 1.82) is 0 Å². The van der Waals surface area contributed by atoms with Gasteiger partial charge in [0, 0.05) is 31.6 Å². The zero-order chi connectivity index (χ0) is 16.4. The Bertz CT molecular complexity index is 559. The van der Waals surface area contributed by atoms with Gasteiger partial charge in [-0.3, -0.25) is 4.79 Å². The number of carbonyl (C=O) groups excluding carboxylic acids is 1. The van der Waals surface area contributed by atoms with Crippen LogP contribution in [-0.4, -0.2) is 44.2 Å². The molecular formula is C18H27ClN2O3. The first-order valence-corrected chi connectivity index (χ1v) is 8.36. The normalized spacial score (nSPS) is 25.1. The lowest BCUT2D eigenvalue weighted by Crippen LogP contribution is -2.33. The summed E-state index contributed by atoms with van der Waals surface area (Å²) in [5.41, 5.74) is 7.21. The van der Waals surface area contributed by atoms with Crippen molar-refractivity contribution in [3.63, 3.8) is 0 Å². The number of amides is 1. The van der Waals surface area contributed by atoms with Gasteiger partial charge in [0.15, 0.2) is 0 Å². The van der Waals surface area contributed by atoms with Crippen molar-refractivity contribution < 1.29 is 14.3 Å². The van der Waals surface area contributed by atoms with Crippen molar-refractivity contribution in [3.8, 4) is 11.5 Å². The summed E-state index contributed by atoms with van der Waals surface area (Å²) in [4.78, 5) is 14.5. The number of aryl methyl sites for hydroxylation is 1. The largest absolute Gasteiger partial charge is 0.497 e. The molecule has 3 atom stereocenters. The summed E-state index contributed by atoms with van der Waals surface area (Å²) in [5, 5.41) is 0. The number of likely N-dealkylation sites (tertiary alicyclic amines) is 1. The van der Waals surface area contributed by atoms with Crippen LogP contribution >= 0.6 is 12.4 Å². The van der Waals surface area contributed by atoms with E-state index < -0.39 is 0 Å². The molecule has 0 bridgehead atoms. The van der Waals surface area contributed by atoms with Crippen LogP contribution in [0.15, 0.2) is 18.2 Å². The molecule has 24 heavy (non-hydrogen) atoms. The lowest BCUT2D eigenvalue weighted by Gasteiger charge is -2.19. The molecule has 2 aliphatic rings. The second kappa shape index (κ2) is 8.08. The number of carbonyl (C=O) groups is 1. The second-order valence-electron chi connectivity index (χ2n) is 6.68. The number of fused-ring (bicyclic) bond motifs is 1. The van der Waals surface area contributed by atoms with Crippen molar-refractivity contribution >= 4 is 18.3 Å². The van der Waals surface area contributed by atoms with Gasteiger partial charge in [-0.05, 0) is 48.8 Å². The van der Waals surface area contributed by atoms with E-state index in [9.17, 15) is 4.79 Å². The first kappa shape index (κ1) is 18.9. The summed E-state index contributed by atoms with van der Waals surface area (Å²) in [6.45, 7) is 1.73. The minimum atomic E-state index is 0. The maximum absolute atomic E-state index is 12.5. The van der Waals surface area contributed by atoms with Gasteiger partial charge in [0.1, 0.15) is 11.5 Å². The smallest absolute Gasteiger partial charge is 0.222 e. The number of benzene rings is 1. The molecule has 0 aromatic heterocycles. The topological polar surface area (TPSA) is 64.8 Å². The molecule has 2 fully saturated rings. The fourth-order valence-corrected chi connectivity index (χ4v) is 3.93. The van der Waals surface area contributed by atoms with Gasteiger partial charge in [-0.1, -0.05) is 0 Å². The summed E-state index contributed by atoms with van der Waals surface area (Å²) >= 11 is 0. The summed E-state index contributed by atoms with van der Waals surface area (Å²) in [5.74, 6) is 2.87. The first-order chi connectivity index (χ1) is 11.1. The van der Waals surface area contributed by atoms with E-state index in [0.717, 1.165) is 36.6 Å². The van der Waals surface area contributed by atoms with Gasteiger partial charge in [-0.2, -0.15) is 0 Å². The van der Waals surface area contributed by atoms with E-state index >= 15 is 0 Å². The molecule has 1 saturated heterocycles. The fourth-order valence-electron chi connectivity index (χ4n) is 3.93. The molecule has 1 amide bonds. The molecule has 1 saturated carbocycles. The third kappa shape index (κ3) is 3.95. The van der Waals surface area contributed by atoms with Crippen LogP contribution in [0.25, 0.3) is 0 Å². The Balaban J connectivity index is 0.00000208. The van der Waals surface area contributed by atoms with E-state index in [1.165, 1.54) is 6.42 Å². The van der Waals surface area contributed by atoms with Gasteiger partial charge < -0.3 is 20.1 Å². The molecule has 1 aromatic carbocycles. The van der Waals surface area contributed by atoms with Gasteiger partial charge in [0.25, 0.3) is 0 Å². The maximum Gasteiger partial charge on any atom is 0.222 e. The molecule has 1 aromatic rings. The van der Waals surface area contributed by atoms with Crippen molar-refractivity contribution in [1.82, 2.24) is 4.90 Å². The number of rotatable bonds is 5. The number of methoxy groups -OCH3 is 2. The highest BCUT2D eigenvalue weighted by Crippen LogP contribution is 2.37. The van der Waals surface area contributed by atoms with Gasteiger partial charge in [-0.15, -0.1) is 12.4 Å². The third-order valence-corrected chi connectivity index (χ3v) is 5.30. The average Bonchev–Trinajstić information content (AvgIpc) is 3.14. The number of nitrogens with zero attached hydrogens (tertiary/aromatic N) is 1. The van der Waals surface area contributed by atoms with E-state index in [1.54, 1.807) is 14.2 Å². The number of nitrogens with two attached hydrogens (primary N) is 1. The number of hydrogen-bond acceptors (Lipinski definition) is 4. The first-order valence-electron chi connectivity index (χ1n) is 8.36. The second-order valence-corrected chi connectivity index (χ2v) is 6.68. The fraction of sp³-hybridized carbons (Fsp3) is 0.611. The van der Waals surface area contributed by atoms with Crippen LogP contribution in [0.3, 0.4) is 0 Å². The highest BCUT2D eigenvalue weighted by atomic mass is 35.5. The SMILES string of the molecule is COc1cc(CCC(=O)N2CC3CCC(N)C3C2)cc(OC)c1.Cl. The zero-order valence-electron chi connectivity index (χ0n) is 14.4. The van der Waals surface area contributed by atoms with E-state index in [2.05, 4.69) is 0 Å². The Hall–Kier alpha value is -1.46. The Morgan fingerprint density at radius 1 is 1.17 bits per heavy atom. The molecule has 134 valence electrons. The monoisotopic (exact) mass is 354 g/mol. The predicted molar refractivity (Wildman–Crippen MR) is 95.9 cm³/mol. The van der Waals surface area contributed by atoms with Crippen LogP contribution in [0.5, 0.6) is 11.5 Å². The van der Waals surface area contributed by atoms with Gasteiger partial charge >= 0.3 is 0 Å². The molecule has 1 aliphatic carbocycles. The van der Waals surface area contributed by atoms with Gasteiger partial charge in [0.2, 0.25) is 5.91 Å². The summed E-state index contributed by atoms with van der Waals surface area (Å²) in [6.07, 6.45) is 3.50. The van der Waals surface area contributed by atoms with Crippen molar-refractivity contribution in [2.45, 2.75) is 31.7 Å². The molecule has 5 nitrogen and oxygen atoms in total. The lowest BCUT2D eigenvalue weighted by molar-refractivity contribution is -0.130. The third-order valence-electron chi connectivity index (χ3n) is 5.30. The molecule has 3 unspecified atom stereocenters. The molecule has 6 heteroatoms. The Morgan fingerprint density at radius 2 is 1.83 bits per heavy atom. The van der Waals surface area contributed by atoms with E-state index in [0.29, 0.717) is 24.7 Å². The number of ether oxygens (including phenoxy) is 2. The maximum atomic E-state index is 12.5. The van der Waals surface area contributed by atoms with Crippen LogP contribution in [0, 0.1) is 11.8 Å². The van der Waals surface area contributed by atoms with Crippen molar-refractivity contribution in [3.05, 3.63) is 23.8 Å². The van der Waals surface area contributed by atoms with Gasteiger partial charge in [0.05, 0.1) is 14.2 Å². The molecule has 1 heterocycles. The number of hydrogen-bond donors (Lipinski definition) is 1. The van der Waals surface area contributed by atoms with Crippen molar-refractivity contribution in [2.75, 3.05) is 27.3 Å².